The summed E-state index contributed by atoms with van der Waals surface area (Å²) in [7, 11) is 0. The Hall–Kier alpha value is -1.81. The first kappa shape index (κ1) is 12.2. The minimum atomic E-state index is -0.346. The van der Waals surface area contributed by atoms with Crippen molar-refractivity contribution in [3.8, 4) is 11.5 Å². The largest absolute Gasteiger partial charge is 0.508 e. The van der Waals surface area contributed by atoms with Crippen molar-refractivity contribution in [2.75, 3.05) is 0 Å². The second-order valence-electron chi connectivity index (χ2n) is 4.47. The minimum Gasteiger partial charge on any atom is -0.508 e. The molecular weight excluding hydrogens is 308 g/mol. The third-order valence-electron chi connectivity index (χ3n) is 3.13. The number of halogens is 1. The van der Waals surface area contributed by atoms with Crippen LogP contribution in [0.25, 0.3) is 0 Å². The number of rotatable bonds is 1. The smallest absolute Gasteiger partial charge is 0.170 e. The average molecular weight is 319 g/mol. The molecule has 0 bridgehead atoms. The van der Waals surface area contributed by atoms with Gasteiger partial charge in [-0.2, -0.15) is 0 Å². The average Bonchev–Trinajstić information content (AvgIpc) is 2.38. The van der Waals surface area contributed by atoms with Crippen LogP contribution < -0.4 is 4.74 Å². The van der Waals surface area contributed by atoms with Crippen LogP contribution in [0.5, 0.6) is 11.5 Å². The van der Waals surface area contributed by atoms with Gasteiger partial charge in [-0.25, -0.2) is 0 Å². The van der Waals surface area contributed by atoms with Gasteiger partial charge in [-0.05, 0) is 35.9 Å². The molecule has 96 valence electrons. The van der Waals surface area contributed by atoms with Gasteiger partial charge in [-0.3, -0.25) is 4.79 Å². The molecule has 2 aromatic rings. The number of ether oxygens (including phenoxy) is 1. The number of hydrogen-bond acceptors (Lipinski definition) is 3. The lowest BCUT2D eigenvalue weighted by Gasteiger charge is -2.25. The Morgan fingerprint density at radius 3 is 2.84 bits per heavy atom. The van der Waals surface area contributed by atoms with Crippen molar-refractivity contribution in [3.63, 3.8) is 0 Å². The highest BCUT2D eigenvalue weighted by Gasteiger charge is 2.27. The van der Waals surface area contributed by atoms with Crippen LogP contribution in [0.15, 0.2) is 46.9 Å². The number of phenolic OH excluding ortho intramolecular Hbond substituents is 1. The van der Waals surface area contributed by atoms with E-state index in [1.54, 1.807) is 30.3 Å². The fraction of sp³-hybridized carbons (Fsp3) is 0.133. The number of aromatic hydroxyl groups is 1. The van der Waals surface area contributed by atoms with Crippen molar-refractivity contribution in [2.24, 2.45) is 0 Å². The van der Waals surface area contributed by atoms with Crippen LogP contribution in [0.4, 0.5) is 0 Å². The molecule has 1 unspecified atom stereocenters. The minimum absolute atomic E-state index is 0.0575. The van der Waals surface area contributed by atoms with Gasteiger partial charge in [-0.15, -0.1) is 0 Å². The van der Waals surface area contributed by atoms with E-state index in [0.29, 0.717) is 11.3 Å². The number of fused-ring (bicyclic) bond motifs is 1. The summed E-state index contributed by atoms with van der Waals surface area (Å²) >= 11 is 3.37. The molecule has 1 atom stereocenters. The van der Waals surface area contributed by atoms with E-state index < -0.39 is 0 Å². The van der Waals surface area contributed by atoms with Crippen molar-refractivity contribution >= 4 is 21.7 Å². The molecule has 1 aliphatic heterocycles. The Bertz CT molecular complexity index is 652. The van der Waals surface area contributed by atoms with E-state index in [1.807, 2.05) is 12.1 Å². The van der Waals surface area contributed by atoms with Crippen LogP contribution >= 0.6 is 15.9 Å². The molecule has 0 fully saturated rings. The molecule has 1 aliphatic rings. The molecule has 1 N–H and O–H groups in total. The van der Waals surface area contributed by atoms with E-state index in [-0.39, 0.29) is 24.1 Å². The summed E-state index contributed by atoms with van der Waals surface area (Å²) in [6, 6.07) is 12.2. The monoisotopic (exact) mass is 318 g/mol. The normalized spacial score (nSPS) is 17.7. The Labute approximate surface area is 119 Å². The lowest BCUT2D eigenvalue weighted by molar-refractivity contribution is 0.0849. The molecule has 19 heavy (non-hydrogen) atoms. The van der Waals surface area contributed by atoms with Crippen LogP contribution in [-0.4, -0.2) is 10.9 Å². The van der Waals surface area contributed by atoms with Gasteiger partial charge < -0.3 is 9.84 Å². The van der Waals surface area contributed by atoms with Crippen molar-refractivity contribution in [2.45, 2.75) is 12.5 Å². The van der Waals surface area contributed by atoms with Crippen molar-refractivity contribution in [1.29, 1.82) is 0 Å². The van der Waals surface area contributed by atoms with Gasteiger partial charge in [0.1, 0.15) is 17.6 Å². The molecule has 1 heterocycles. The Morgan fingerprint density at radius 2 is 2.05 bits per heavy atom. The number of hydrogen-bond donors (Lipinski definition) is 1. The fourth-order valence-corrected chi connectivity index (χ4v) is 2.55. The molecule has 0 spiro atoms. The zero-order valence-corrected chi connectivity index (χ0v) is 11.6. The Kier molecular flexibility index (Phi) is 3.03. The first-order valence-electron chi connectivity index (χ1n) is 5.92. The SMILES string of the molecule is O=C1CC(c2cccc(O)c2)Oc2cc(Br)ccc21. The highest BCUT2D eigenvalue weighted by atomic mass is 79.9. The topological polar surface area (TPSA) is 46.5 Å². The van der Waals surface area contributed by atoms with Crippen LogP contribution in [0.1, 0.15) is 28.4 Å². The third kappa shape index (κ3) is 2.36. The number of phenols is 1. The number of carbonyl (C=O) groups is 1. The third-order valence-corrected chi connectivity index (χ3v) is 3.62. The molecule has 3 nitrogen and oxygen atoms in total. The predicted octanol–water partition coefficient (Wildman–Crippen LogP) is 3.86. The highest BCUT2D eigenvalue weighted by Crippen LogP contribution is 2.36. The van der Waals surface area contributed by atoms with Crippen molar-refractivity contribution in [1.82, 2.24) is 0 Å². The van der Waals surface area contributed by atoms with Gasteiger partial charge in [0.15, 0.2) is 5.78 Å². The van der Waals surface area contributed by atoms with E-state index in [0.717, 1.165) is 10.0 Å². The Balaban J connectivity index is 1.98. The second kappa shape index (κ2) is 4.70. The lowest BCUT2D eigenvalue weighted by atomic mass is 9.96. The summed E-state index contributed by atoms with van der Waals surface area (Å²) < 4.78 is 6.73. The summed E-state index contributed by atoms with van der Waals surface area (Å²) in [6.45, 7) is 0. The van der Waals surface area contributed by atoms with Gasteiger partial charge in [0.05, 0.1) is 12.0 Å². The van der Waals surface area contributed by atoms with Gasteiger partial charge in [0.2, 0.25) is 0 Å². The predicted molar refractivity (Wildman–Crippen MR) is 74.6 cm³/mol. The van der Waals surface area contributed by atoms with E-state index in [2.05, 4.69) is 15.9 Å². The van der Waals surface area contributed by atoms with Crippen LogP contribution in [0.2, 0.25) is 0 Å². The van der Waals surface area contributed by atoms with E-state index >= 15 is 0 Å². The van der Waals surface area contributed by atoms with E-state index in [4.69, 9.17) is 4.74 Å². The number of Topliss-reactive ketones (excluding diaryl/α,β-unsaturated/α-hetero) is 1. The fourth-order valence-electron chi connectivity index (χ4n) is 2.21. The zero-order chi connectivity index (χ0) is 13.4. The maximum absolute atomic E-state index is 12.1. The molecule has 0 amide bonds. The standard InChI is InChI=1S/C15H11BrO3/c16-10-4-5-12-13(18)8-14(19-15(12)7-10)9-2-1-3-11(17)6-9/h1-7,14,17H,8H2. The van der Waals surface area contributed by atoms with Gasteiger partial charge in [-0.1, -0.05) is 28.1 Å². The van der Waals surface area contributed by atoms with Crippen LogP contribution in [0, 0.1) is 0 Å². The molecule has 0 aromatic heterocycles. The molecule has 0 aliphatic carbocycles. The summed E-state index contributed by atoms with van der Waals surface area (Å²) in [5, 5.41) is 9.50. The highest BCUT2D eigenvalue weighted by molar-refractivity contribution is 9.10. The molecule has 4 heteroatoms. The van der Waals surface area contributed by atoms with Crippen molar-refractivity contribution in [3.05, 3.63) is 58.1 Å². The first-order chi connectivity index (χ1) is 9.13. The summed E-state index contributed by atoms with van der Waals surface area (Å²) in [5.41, 5.74) is 1.42. The molecule has 3 rings (SSSR count). The number of ketones is 1. The van der Waals surface area contributed by atoms with E-state index in [1.165, 1.54) is 0 Å². The molecule has 0 radical (unpaired) electrons. The summed E-state index contributed by atoms with van der Waals surface area (Å²) in [5.74, 6) is 0.814. The molecule has 2 aromatic carbocycles. The van der Waals surface area contributed by atoms with Gasteiger partial charge in [0.25, 0.3) is 0 Å². The maximum atomic E-state index is 12.1. The van der Waals surface area contributed by atoms with Crippen molar-refractivity contribution < 1.29 is 14.6 Å². The maximum Gasteiger partial charge on any atom is 0.170 e. The molecule has 0 saturated carbocycles. The number of carbonyl (C=O) groups excluding carboxylic acids is 1. The first-order valence-corrected chi connectivity index (χ1v) is 6.71. The van der Waals surface area contributed by atoms with Gasteiger partial charge in [0, 0.05) is 4.47 Å². The second-order valence-corrected chi connectivity index (χ2v) is 5.38. The quantitative estimate of drug-likeness (QED) is 0.868. The molecule has 0 saturated heterocycles. The lowest BCUT2D eigenvalue weighted by Crippen LogP contribution is -2.20. The summed E-state index contributed by atoms with van der Waals surface area (Å²) in [4.78, 5) is 12.1. The zero-order valence-electron chi connectivity index (χ0n) is 9.97. The van der Waals surface area contributed by atoms with E-state index in [9.17, 15) is 9.90 Å². The summed E-state index contributed by atoms with van der Waals surface area (Å²) in [6.07, 6.45) is -0.0562. The van der Waals surface area contributed by atoms with Crippen LogP contribution in [-0.2, 0) is 0 Å². The van der Waals surface area contributed by atoms with Crippen LogP contribution in [0.3, 0.4) is 0 Å². The number of benzene rings is 2. The van der Waals surface area contributed by atoms with Gasteiger partial charge >= 0.3 is 0 Å². The molecular formula is C15H11BrO3. The Morgan fingerprint density at radius 1 is 1.21 bits per heavy atom.